The zero-order valence-corrected chi connectivity index (χ0v) is 21.2. The van der Waals surface area contributed by atoms with Gasteiger partial charge in [-0.25, -0.2) is 18.9 Å². The number of anilines is 3. The second-order valence-electron chi connectivity index (χ2n) is 8.75. The lowest BCUT2D eigenvalue weighted by molar-refractivity contribution is -0.142. The van der Waals surface area contributed by atoms with E-state index in [1.54, 1.807) is 12.1 Å². The molecule has 1 aliphatic rings. The van der Waals surface area contributed by atoms with Gasteiger partial charge in [0.15, 0.2) is 11.5 Å². The molecule has 0 unspecified atom stereocenters. The van der Waals surface area contributed by atoms with Crippen molar-refractivity contribution in [1.82, 2.24) is 19.7 Å². The van der Waals surface area contributed by atoms with Crippen LogP contribution < -0.4 is 10.2 Å². The number of methoxy groups -OCH3 is 1. The quantitative estimate of drug-likeness (QED) is 0.228. The topological polar surface area (TPSA) is 85.2 Å². The summed E-state index contributed by atoms with van der Waals surface area (Å²) in [5.41, 5.74) is 1.02. The highest BCUT2D eigenvalue weighted by Crippen LogP contribution is 2.34. The van der Waals surface area contributed by atoms with Gasteiger partial charge in [-0.3, -0.25) is 0 Å². The van der Waals surface area contributed by atoms with E-state index in [4.69, 9.17) is 16.3 Å². The fourth-order valence-electron chi connectivity index (χ4n) is 4.42. The van der Waals surface area contributed by atoms with E-state index in [2.05, 4.69) is 20.4 Å². The summed E-state index contributed by atoms with van der Waals surface area (Å²) >= 11 is 5.86. The molecule has 0 amide bonds. The number of carbonyl (C=O) groups is 1. The number of halogens is 5. The monoisotopic (exact) mass is 560 g/mol. The first-order valence-corrected chi connectivity index (χ1v) is 12.2. The van der Waals surface area contributed by atoms with Gasteiger partial charge in [0.25, 0.3) is 0 Å². The van der Waals surface area contributed by atoms with Crippen molar-refractivity contribution in [3.8, 4) is 16.9 Å². The van der Waals surface area contributed by atoms with Gasteiger partial charge in [0, 0.05) is 35.9 Å². The van der Waals surface area contributed by atoms with E-state index in [0.29, 0.717) is 29.8 Å². The molecular formula is C26H21ClF4N6O2. The molecule has 5 rings (SSSR count). The molecule has 0 aliphatic carbocycles. The Kier molecular flexibility index (Phi) is 7.13. The predicted molar refractivity (Wildman–Crippen MR) is 137 cm³/mol. The number of alkyl halides is 3. The molecule has 0 saturated carbocycles. The maximum absolute atomic E-state index is 13.6. The van der Waals surface area contributed by atoms with E-state index < -0.39 is 23.7 Å². The Morgan fingerprint density at radius 2 is 2.00 bits per heavy atom. The normalized spacial score (nSPS) is 15.4. The van der Waals surface area contributed by atoms with E-state index >= 15 is 0 Å². The lowest BCUT2D eigenvalue weighted by Gasteiger charge is -2.25. The number of esters is 1. The smallest absolute Gasteiger partial charge is 0.435 e. The minimum absolute atomic E-state index is 0.0296. The van der Waals surface area contributed by atoms with Crippen molar-refractivity contribution in [3.63, 3.8) is 0 Å². The SMILES string of the molecule is COC(=O)[C@H]1CCCN1c1cccc(-c2cnc(Nc3ccc(F)c(Cl)c3)nc2-n2ccc(C(F)(F)F)n2)c1. The summed E-state index contributed by atoms with van der Waals surface area (Å²) in [6.45, 7) is 0.643. The maximum Gasteiger partial charge on any atom is 0.435 e. The maximum atomic E-state index is 13.6. The Labute approximate surface area is 225 Å². The third kappa shape index (κ3) is 5.51. The van der Waals surface area contributed by atoms with E-state index in [9.17, 15) is 22.4 Å². The van der Waals surface area contributed by atoms with Gasteiger partial charge >= 0.3 is 12.1 Å². The van der Waals surface area contributed by atoms with Crippen LogP contribution in [0.15, 0.2) is 60.9 Å². The van der Waals surface area contributed by atoms with Crippen LogP contribution in [-0.4, -0.2) is 45.4 Å². The van der Waals surface area contributed by atoms with E-state index in [1.165, 1.54) is 25.4 Å². The molecule has 0 spiro atoms. The van der Waals surface area contributed by atoms with Crippen LogP contribution in [0.25, 0.3) is 16.9 Å². The summed E-state index contributed by atoms with van der Waals surface area (Å²) in [6.07, 6.45) is -0.592. The first-order valence-electron chi connectivity index (χ1n) is 11.8. The third-order valence-corrected chi connectivity index (χ3v) is 6.55. The number of carbonyl (C=O) groups excluding carboxylic acids is 1. The zero-order chi connectivity index (χ0) is 27.7. The van der Waals surface area contributed by atoms with Crippen LogP contribution in [-0.2, 0) is 15.7 Å². The Morgan fingerprint density at radius 3 is 2.72 bits per heavy atom. The molecule has 4 aromatic rings. The van der Waals surface area contributed by atoms with Crippen LogP contribution in [0.1, 0.15) is 18.5 Å². The molecule has 0 bridgehead atoms. The second-order valence-corrected chi connectivity index (χ2v) is 9.16. The lowest BCUT2D eigenvalue weighted by atomic mass is 10.1. The summed E-state index contributed by atoms with van der Waals surface area (Å²) < 4.78 is 59.5. The standard InChI is InChI=1S/C26H21ClF4N6O2/c1-39-24(38)21-6-3-10-36(21)17-5-2-4-15(12-17)18-14-32-25(33-16-7-8-20(28)19(27)13-16)34-23(18)37-11-9-22(35-37)26(29,30)31/h2,4-5,7-9,11-14,21H,3,6,10H2,1H3,(H,32,33,34)/t21-/m1/s1. The van der Waals surface area contributed by atoms with E-state index in [-0.39, 0.29) is 22.8 Å². The molecule has 0 radical (unpaired) electrons. The van der Waals surface area contributed by atoms with Crippen molar-refractivity contribution in [2.45, 2.75) is 25.1 Å². The van der Waals surface area contributed by atoms with Gasteiger partial charge in [-0.1, -0.05) is 23.7 Å². The van der Waals surface area contributed by atoms with Crippen LogP contribution in [0, 0.1) is 5.82 Å². The van der Waals surface area contributed by atoms with Crippen LogP contribution in [0.2, 0.25) is 5.02 Å². The number of nitrogens with one attached hydrogen (secondary N) is 1. The summed E-state index contributed by atoms with van der Waals surface area (Å²) in [6, 6.07) is 11.5. The minimum Gasteiger partial charge on any atom is -0.467 e. The van der Waals surface area contributed by atoms with Crippen molar-refractivity contribution in [2.24, 2.45) is 0 Å². The molecule has 1 fully saturated rings. The van der Waals surface area contributed by atoms with Crippen LogP contribution in [0.4, 0.5) is 34.9 Å². The molecule has 2 aromatic heterocycles. The van der Waals surface area contributed by atoms with Gasteiger partial charge in [0.2, 0.25) is 5.95 Å². The molecule has 1 atom stereocenters. The summed E-state index contributed by atoms with van der Waals surface area (Å²) in [7, 11) is 1.34. The molecule has 1 aliphatic heterocycles. The second kappa shape index (κ2) is 10.5. The Morgan fingerprint density at radius 1 is 1.18 bits per heavy atom. The van der Waals surface area contributed by atoms with Gasteiger partial charge in [-0.15, -0.1) is 0 Å². The number of benzene rings is 2. The summed E-state index contributed by atoms with van der Waals surface area (Å²) in [5, 5.41) is 6.45. The highest BCUT2D eigenvalue weighted by Gasteiger charge is 2.34. The van der Waals surface area contributed by atoms with Crippen molar-refractivity contribution >= 4 is 34.9 Å². The lowest BCUT2D eigenvalue weighted by Crippen LogP contribution is -2.36. The largest absolute Gasteiger partial charge is 0.467 e. The highest BCUT2D eigenvalue weighted by atomic mass is 35.5. The van der Waals surface area contributed by atoms with Crippen molar-refractivity contribution in [1.29, 1.82) is 0 Å². The highest BCUT2D eigenvalue weighted by molar-refractivity contribution is 6.31. The van der Waals surface area contributed by atoms with Crippen LogP contribution in [0.3, 0.4) is 0 Å². The average molecular weight is 561 g/mol. The summed E-state index contributed by atoms with van der Waals surface area (Å²) in [4.78, 5) is 23.0. The fourth-order valence-corrected chi connectivity index (χ4v) is 4.60. The summed E-state index contributed by atoms with van der Waals surface area (Å²) in [5.74, 6) is -0.849. The van der Waals surface area contributed by atoms with E-state index in [0.717, 1.165) is 35.1 Å². The molecular weight excluding hydrogens is 540 g/mol. The number of rotatable bonds is 6. The van der Waals surface area contributed by atoms with Gasteiger partial charge in [-0.2, -0.15) is 23.3 Å². The molecule has 3 heterocycles. The number of ether oxygens (including phenoxy) is 1. The fraction of sp³-hybridized carbons (Fsp3) is 0.231. The molecule has 2 aromatic carbocycles. The van der Waals surface area contributed by atoms with Gasteiger partial charge < -0.3 is 15.0 Å². The predicted octanol–water partition coefficient (Wildman–Crippen LogP) is 6.03. The first kappa shape index (κ1) is 26.4. The van der Waals surface area contributed by atoms with Gasteiger partial charge in [0.1, 0.15) is 11.9 Å². The average Bonchev–Trinajstić information content (AvgIpc) is 3.61. The molecule has 39 heavy (non-hydrogen) atoms. The van der Waals surface area contributed by atoms with Crippen molar-refractivity contribution in [3.05, 3.63) is 77.5 Å². The number of aromatic nitrogens is 4. The van der Waals surface area contributed by atoms with Crippen molar-refractivity contribution in [2.75, 3.05) is 23.9 Å². The molecule has 13 heteroatoms. The Hall–Kier alpha value is -4.19. The molecule has 202 valence electrons. The molecule has 1 N–H and O–H groups in total. The Bertz CT molecular complexity index is 1530. The van der Waals surface area contributed by atoms with Gasteiger partial charge in [-0.05, 0) is 54.8 Å². The first-order chi connectivity index (χ1) is 18.6. The number of hydrogen-bond donors (Lipinski definition) is 1. The number of hydrogen-bond acceptors (Lipinski definition) is 7. The number of nitrogens with zero attached hydrogens (tertiary/aromatic N) is 5. The third-order valence-electron chi connectivity index (χ3n) is 6.26. The zero-order valence-electron chi connectivity index (χ0n) is 20.4. The van der Waals surface area contributed by atoms with E-state index in [1.807, 2.05) is 17.0 Å². The van der Waals surface area contributed by atoms with Crippen LogP contribution in [0.5, 0.6) is 0 Å². The Balaban J connectivity index is 1.57. The van der Waals surface area contributed by atoms with Gasteiger partial charge in [0.05, 0.1) is 12.1 Å². The molecule has 1 saturated heterocycles. The van der Waals surface area contributed by atoms with Crippen LogP contribution >= 0.6 is 11.6 Å². The van der Waals surface area contributed by atoms with Crippen molar-refractivity contribution < 1.29 is 27.1 Å². The minimum atomic E-state index is -4.65. The molecule has 8 nitrogen and oxygen atoms in total.